The molecule has 0 amide bonds. The van der Waals surface area contributed by atoms with E-state index < -0.39 is 0 Å². The summed E-state index contributed by atoms with van der Waals surface area (Å²) in [6.45, 7) is 3.06. The largest absolute Gasteiger partial charge is 0.399 e. The molecule has 11 heavy (non-hydrogen) atoms. The lowest BCUT2D eigenvalue weighted by Crippen LogP contribution is -1.79. The summed E-state index contributed by atoms with van der Waals surface area (Å²) in [5.74, 6) is 0.167. The highest BCUT2D eigenvalue weighted by atomic mass is 16.1. The number of rotatable bonds is 0. The van der Waals surface area contributed by atoms with Crippen LogP contribution in [0, 0.1) is 0 Å². The smallest absolute Gasteiger partial charge is 0.126 e. The van der Waals surface area contributed by atoms with Crippen molar-refractivity contribution < 1.29 is 4.79 Å². The first-order chi connectivity index (χ1) is 5.13. The molecule has 1 aromatic rings. The van der Waals surface area contributed by atoms with Gasteiger partial charge in [-0.05, 0) is 26.0 Å². The number of hydrogen-bond donors (Lipinski definition) is 1. The first-order valence-electron chi connectivity index (χ1n) is 3.40. The summed E-state index contributed by atoms with van der Waals surface area (Å²) in [4.78, 5) is 9.44. The minimum atomic E-state index is 0.167. The molecular formula is C9H13NO. The molecule has 0 aromatic heterocycles. The summed E-state index contributed by atoms with van der Waals surface area (Å²) in [6.07, 6.45) is 0. The van der Waals surface area contributed by atoms with Gasteiger partial charge in [0.1, 0.15) is 5.78 Å². The van der Waals surface area contributed by atoms with Crippen molar-refractivity contribution in [2.24, 2.45) is 0 Å². The number of Topliss-reactive ketones (excluding diaryl/α,β-unsaturated/α-hetero) is 1. The third-order valence-electron chi connectivity index (χ3n) is 0.800. The second kappa shape index (κ2) is 5.47. The number of hydrogen-bond acceptors (Lipinski definition) is 2. The molecule has 0 saturated carbocycles. The Bertz CT molecular complexity index is 202. The first kappa shape index (κ1) is 9.69. The molecule has 0 spiro atoms. The zero-order valence-corrected chi connectivity index (χ0v) is 6.87. The normalized spacial score (nSPS) is 7.82. The van der Waals surface area contributed by atoms with Gasteiger partial charge in [0.25, 0.3) is 0 Å². The van der Waals surface area contributed by atoms with Crippen LogP contribution < -0.4 is 5.73 Å². The van der Waals surface area contributed by atoms with Crippen LogP contribution >= 0.6 is 0 Å². The van der Waals surface area contributed by atoms with E-state index in [1.54, 1.807) is 0 Å². The summed E-state index contributed by atoms with van der Waals surface area (Å²) in [7, 11) is 0. The summed E-state index contributed by atoms with van der Waals surface area (Å²) >= 11 is 0. The molecule has 0 bridgehead atoms. The average Bonchev–Trinajstić information content (AvgIpc) is 1.87. The van der Waals surface area contributed by atoms with Gasteiger partial charge < -0.3 is 10.5 Å². The van der Waals surface area contributed by atoms with Gasteiger partial charge in [-0.25, -0.2) is 0 Å². The molecule has 0 unspecified atom stereocenters. The number of benzene rings is 1. The fraction of sp³-hybridized carbons (Fsp3) is 0.222. The van der Waals surface area contributed by atoms with Gasteiger partial charge in [0.05, 0.1) is 0 Å². The quantitative estimate of drug-likeness (QED) is 0.575. The molecule has 60 valence electrons. The Morgan fingerprint density at radius 3 is 1.73 bits per heavy atom. The van der Waals surface area contributed by atoms with Gasteiger partial charge in [0, 0.05) is 5.69 Å². The summed E-state index contributed by atoms with van der Waals surface area (Å²) in [6, 6.07) is 9.49. The lowest BCUT2D eigenvalue weighted by molar-refractivity contribution is -0.114. The maximum Gasteiger partial charge on any atom is 0.126 e. The molecule has 2 heteroatoms. The van der Waals surface area contributed by atoms with Gasteiger partial charge in [-0.3, -0.25) is 0 Å². The second-order valence-electron chi connectivity index (χ2n) is 2.32. The standard InChI is InChI=1S/C6H7N.C3H6O/c7-6-4-2-1-3-5-6;1-3(2)4/h1-5H,7H2;1-2H3. The Morgan fingerprint density at radius 1 is 1.18 bits per heavy atom. The molecule has 0 aliphatic rings. The van der Waals surface area contributed by atoms with Gasteiger partial charge in [-0.2, -0.15) is 0 Å². The number of nitrogen functional groups attached to an aromatic ring is 1. The number of carbonyl (C=O) groups excluding carboxylic acids is 1. The van der Waals surface area contributed by atoms with Crippen molar-refractivity contribution in [2.45, 2.75) is 13.8 Å². The molecule has 0 aliphatic carbocycles. The third-order valence-corrected chi connectivity index (χ3v) is 0.800. The van der Waals surface area contributed by atoms with E-state index in [9.17, 15) is 4.79 Å². The minimum absolute atomic E-state index is 0.167. The van der Waals surface area contributed by atoms with Crippen molar-refractivity contribution in [2.75, 3.05) is 5.73 Å². The number of para-hydroxylation sites is 1. The van der Waals surface area contributed by atoms with Crippen molar-refractivity contribution >= 4 is 11.5 Å². The number of anilines is 1. The molecule has 0 heterocycles. The van der Waals surface area contributed by atoms with E-state index in [2.05, 4.69) is 0 Å². The molecule has 0 aliphatic heterocycles. The van der Waals surface area contributed by atoms with Crippen molar-refractivity contribution in [1.29, 1.82) is 0 Å². The van der Waals surface area contributed by atoms with Gasteiger partial charge in [0.2, 0.25) is 0 Å². The van der Waals surface area contributed by atoms with Gasteiger partial charge >= 0.3 is 0 Å². The predicted octanol–water partition coefficient (Wildman–Crippen LogP) is 1.86. The summed E-state index contributed by atoms with van der Waals surface area (Å²) in [5.41, 5.74) is 6.18. The van der Waals surface area contributed by atoms with Crippen molar-refractivity contribution in [1.82, 2.24) is 0 Å². The Hall–Kier alpha value is -1.31. The zero-order chi connectivity index (χ0) is 8.69. The average molecular weight is 151 g/mol. The number of ketones is 1. The minimum Gasteiger partial charge on any atom is -0.399 e. The zero-order valence-electron chi connectivity index (χ0n) is 6.87. The van der Waals surface area contributed by atoms with E-state index in [0.717, 1.165) is 5.69 Å². The van der Waals surface area contributed by atoms with E-state index >= 15 is 0 Å². The van der Waals surface area contributed by atoms with Gasteiger partial charge in [-0.1, -0.05) is 18.2 Å². The number of nitrogens with two attached hydrogens (primary N) is 1. The summed E-state index contributed by atoms with van der Waals surface area (Å²) < 4.78 is 0. The molecule has 1 rings (SSSR count). The Labute approximate surface area is 67.0 Å². The molecule has 1 aromatic carbocycles. The van der Waals surface area contributed by atoms with E-state index in [0.29, 0.717) is 0 Å². The first-order valence-corrected chi connectivity index (χ1v) is 3.40. The second-order valence-corrected chi connectivity index (χ2v) is 2.32. The Kier molecular flexibility index (Phi) is 4.82. The molecule has 0 atom stereocenters. The Balaban J connectivity index is 0.000000218. The highest BCUT2D eigenvalue weighted by Crippen LogP contribution is 1.95. The van der Waals surface area contributed by atoms with Crippen molar-refractivity contribution in [3.05, 3.63) is 30.3 Å². The monoisotopic (exact) mass is 151 g/mol. The van der Waals surface area contributed by atoms with Crippen LogP contribution in [0.3, 0.4) is 0 Å². The van der Waals surface area contributed by atoms with Crippen LogP contribution in [0.2, 0.25) is 0 Å². The summed E-state index contributed by atoms with van der Waals surface area (Å²) in [5, 5.41) is 0. The van der Waals surface area contributed by atoms with Crippen LogP contribution in [0.1, 0.15) is 13.8 Å². The van der Waals surface area contributed by atoms with E-state index in [1.165, 1.54) is 13.8 Å². The maximum absolute atomic E-state index is 9.44. The van der Waals surface area contributed by atoms with Crippen LogP contribution in [0.25, 0.3) is 0 Å². The van der Waals surface area contributed by atoms with E-state index in [-0.39, 0.29) is 5.78 Å². The highest BCUT2D eigenvalue weighted by molar-refractivity contribution is 5.72. The lowest BCUT2D eigenvalue weighted by Gasteiger charge is -1.83. The lowest BCUT2D eigenvalue weighted by atomic mass is 10.3. The maximum atomic E-state index is 9.44. The SMILES string of the molecule is CC(C)=O.Nc1ccccc1. The van der Waals surface area contributed by atoms with Crippen molar-refractivity contribution in [3.8, 4) is 0 Å². The molecule has 0 radical (unpaired) electrons. The fourth-order valence-corrected chi connectivity index (χ4v) is 0.453. The van der Waals surface area contributed by atoms with Crippen LogP contribution in [0.5, 0.6) is 0 Å². The highest BCUT2D eigenvalue weighted by Gasteiger charge is 1.72. The van der Waals surface area contributed by atoms with Crippen LogP contribution in [-0.4, -0.2) is 5.78 Å². The van der Waals surface area contributed by atoms with Crippen molar-refractivity contribution in [3.63, 3.8) is 0 Å². The van der Waals surface area contributed by atoms with Crippen LogP contribution in [0.15, 0.2) is 30.3 Å². The molecule has 2 nitrogen and oxygen atoms in total. The fourth-order valence-electron chi connectivity index (χ4n) is 0.453. The van der Waals surface area contributed by atoms with E-state index in [1.807, 2.05) is 30.3 Å². The molecule has 0 fully saturated rings. The molecule has 0 saturated heterocycles. The number of carbonyl (C=O) groups is 1. The predicted molar refractivity (Wildman–Crippen MR) is 47.2 cm³/mol. The van der Waals surface area contributed by atoms with Crippen LogP contribution in [-0.2, 0) is 4.79 Å². The van der Waals surface area contributed by atoms with Gasteiger partial charge in [0.15, 0.2) is 0 Å². The van der Waals surface area contributed by atoms with E-state index in [4.69, 9.17) is 5.73 Å². The van der Waals surface area contributed by atoms with Gasteiger partial charge in [-0.15, -0.1) is 0 Å². The molecule has 2 N–H and O–H groups in total. The third kappa shape index (κ3) is 8.69. The topological polar surface area (TPSA) is 43.1 Å². The Morgan fingerprint density at radius 2 is 1.55 bits per heavy atom. The molecular weight excluding hydrogens is 138 g/mol. The van der Waals surface area contributed by atoms with Crippen LogP contribution in [0.4, 0.5) is 5.69 Å².